The molecule has 3 rings (SSSR count). The highest BCUT2D eigenvalue weighted by atomic mass is 16.5. The van der Waals surface area contributed by atoms with Crippen LogP contribution in [0.5, 0.6) is 0 Å². The zero-order valence-corrected chi connectivity index (χ0v) is 18.1. The molecule has 0 atom stereocenters. The molecular formula is C23H32N6O. The highest BCUT2D eigenvalue weighted by molar-refractivity contribution is 5.79. The summed E-state index contributed by atoms with van der Waals surface area (Å²) in [5.74, 6) is 2.04. The molecule has 2 N–H and O–H groups in total. The number of aliphatic imine (C=N–C) groups is 1. The van der Waals surface area contributed by atoms with Crippen LogP contribution in [0.4, 0.5) is 0 Å². The average molecular weight is 409 g/mol. The number of guanidine groups is 1. The summed E-state index contributed by atoms with van der Waals surface area (Å²) < 4.78 is 7.42. The lowest BCUT2D eigenvalue weighted by atomic mass is 9.99. The monoisotopic (exact) mass is 408 g/mol. The molecule has 0 aliphatic carbocycles. The van der Waals surface area contributed by atoms with Crippen molar-refractivity contribution in [2.24, 2.45) is 4.99 Å². The van der Waals surface area contributed by atoms with E-state index in [9.17, 15) is 0 Å². The SMILES string of the molecule is CCNC(=NCc1cccc(Cn2cccn2)c1)NCc1cc(C(CC)CC)no1. The third-order valence-corrected chi connectivity index (χ3v) is 5.07. The van der Waals surface area contributed by atoms with Gasteiger partial charge in [0, 0.05) is 30.9 Å². The van der Waals surface area contributed by atoms with E-state index < -0.39 is 0 Å². The second-order valence-electron chi connectivity index (χ2n) is 7.30. The maximum Gasteiger partial charge on any atom is 0.191 e. The van der Waals surface area contributed by atoms with Gasteiger partial charge in [-0.25, -0.2) is 4.99 Å². The molecule has 7 nitrogen and oxygen atoms in total. The van der Waals surface area contributed by atoms with E-state index in [1.54, 1.807) is 6.20 Å². The molecular weight excluding hydrogens is 376 g/mol. The first-order valence-corrected chi connectivity index (χ1v) is 10.7. The van der Waals surface area contributed by atoms with Gasteiger partial charge >= 0.3 is 0 Å². The third kappa shape index (κ3) is 6.20. The molecule has 0 fully saturated rings. The lowest BCUT2D eigenvalue weighted by Crippen LogP contribution is -2.36. The van der Waals surface area contributed by atoms with Gasteiger partial charge in [0.15, 0.2) is 11.7 Å². The quantitative estimate of drug-likeness (QED) is 0.390. The molecule has 7 heteroatoms. The molecule has 0 amide bonds. The molecule has 3 aromatic rings. The van der Waals surface area contributed by atoms with Crippen molar-refractivity contribution in [1.29, 1.82) is 0 Å². The maximum absolute atomic E-state index is 5.50. The molecule has 0 unspecified atom stereocenters. The number of hydrogen-bond acceptors (Lipinski definition) is 4. The largest absolute Gasteiger partial charge is 0.359 e. The summed E-state index contributed by atoms with van der Waals surface area (Å²) in [4.78, 5) is 4.72. The van der Waals surface area contributed by atoms with Gasteiger partial charge in [0.25, 0.3) is 0 Å². The third-order valence-electron chi connectivity index (χ3n) is 5.07. The highest BCUT2D eigenvalue weighted by Crippen LogP contribution is 2.22. The first-order chi connectivity index (χ1) is 14.7. The summed E-state index contributed by atoms with van der Waals surface area (Å²) in [6, 6.07) is 12.4. The van der Waals surface area contributed by atoms with Gasteiger partial charge in [-0.3, -0.25) is 4.68 Å². The van der Waals surface area contributed by atoms with Crippen molar-refractivity contribution >= 4 is 5.96 Å². The van der Waals surface area contributed by atoms with Gasteiger partial charge in [-0.1, -0.05) is 43.3 Å². The van der Waals surface area contributed by atoms with Crippen LogP contribution >= 0.6 is 0 Å². The molecule has 160 valence electrons. The zero-order valence-electron chi connectivity index (χ0n) is 18.1. The minimum Gasteiger partial charge on any atom is -0.359 e. The Morgan fingerprint density at radius 3 is 2.67 bits per heavy atom. The van der Waals surface area contributed by atoms with E-state index in [0.29, 0.717) is 19.0 Å². The standard InChI is InChI=1S/C23H32N6O/c1-4-20(5-2)22-14-21(30-28-22)16-26-23(24-6-3)25-15-18-9-7-10-19(13-18)17-29-12-8-11-27-29/h7-14,20H,4-6,15-17H2,1-3H3,(H2,24,25,26). The molecule has 0 radical (unpaired) electrons. The van der Waals surface area contributed by atoms with Crippen molar-refractivity contribution in [2.75, 3.05) is 6.54 Å². The van der Waals surface area contributed by atoms with Gasteiger partial charge in [0.1, 0.15) is 0 Å². The molecule has 2 aromatic heterocycles. The number of nitrogens with one attached hydrogen (secondary N) is 2. The minimum atomic E-state index is 0.457. The van der Waals surface area contributed by atoms with Crippen LogP contribution in [-0.2, 0) is 19.6 Å². The smallest absolute Gasteiger partial charge is 0.191 e. The van der Waals surface area contributed by atoms with Crippen molar-refractivity contribution < 1.29 is 4.52 Å². The molecule has 2 heterocycles. The van der Waals surface area contributed by atoms with Gasteiger partial charge in [-0.2, -0.15) is 5.10 Å². The Hall–Kier alpha value is -3.09. The molecule has 1 aromatic carbocycles. The predicted molar refractivity (Wildman–Crippen MR) is 119 cm³/mol. The Kier molecular flexibility index (Phi) is 8.06. The van der Waals surface area contributed by atoms with Crippen LogP contribution in [0, 0.1) is 0 Å². The molecule has 0 saturated carbocycles. The summed E-state index contributed by atoms with van der Waals surface area (Å²) >= 11 is 0. The molecule has 0 aliphatic heterocycles. The fourth-order valence-corrected chi connectivity index (χ4v) is 3.40. The fraction of sp³-hybridized carbons (Fsp3) is 0.435. The van der Waals surface area contributed by atoms with E-state index >= 15 is 0 Å². The second kappa shape index (κ2) is 11.2. The Labute approximate surface area is 178 Å². The summed E-state index contributed by atoms with van der Waals surface area (Å²) in [5, 5.41) is 15.1. The van der Waals surface area contributed by atoms with E-state index in [2.05, 4.69) is 65.9 Å². The van der Waals surface area contributed by atoms with Gasteiger partial charge in [0.2, 0.25) is 0 Å². The van der Waals surface area contributed by atoms with Crippen LogP contribution in [0.1, 0.15) is 62.1 Å². The summed E-state index contributed by atoms with van der Waals surface area (Å²) in [6.45, 7) is 9.12. The molecule has 30 heavy (non-hydrogen) atoms. The number of hydrogen-bond donors (Lipinski definition) is 2. The number of benzene rings is 1. The van der Waals surface area contributed by atoms with Crippen molar-refractivity contribution in [3.63, 3.8) is 0 Å². The normalized spacial score (nSPS) is 11.8. The minimum absolute atomic E-state index is 0.457. The predicted octanol–water partition coefficient (Wildman–Crippen LogP) is 4.08. The van der Waals surface area contributed by atoms with Gasteiger partial charge in [-0.15, -0.1) is 0 Å². The summed E-state index contributed by atoms with van der Waals surface area (Å²) in [5.41, 5.74) is 3.40. The van der Waals surface area contributed by atoms with Crippen molar-refractivity contribution in [1.82, 2.24) is 25.6 Å². The van der Waals surface area contributed by atoms with Crippen molar-refractivity contribution in [2.45, 2.75) is 59.2 Å². The van der Waals surface area contributed by atoms with E-state index in [1.807, 2.05) is 23.0 Å². The lowest BCUT2D eigenvalue weighted by molar-refractivity contribution is 0.368. The van der Waals surface area contributed by atoms with Gasteiger partial charge < -0.3 is 15.2 Å². The van der Waals surface area contributed by atoms with E-state index in [4.69, 9.17) is 9.52 Å². The van der Waals surface area contributed by atoms with Crippen LogP contribution in [0.2, 0.25) is 0 Å². The number of aromatic nitrogens is 3. The van der Waals surface area contributed by atoms with E-state index in [-0.39, 0.29) is 0 Å². The van der Waals surface area contributed by atoms with Crippen LogP contribution in [0.15, 0.2) is 58.3 Å². The fourth-order valence-electron chi connectivity index (χ4n) is 3.40. The van der Waals surface area contributed by atoms with Crippen LogP contribution < -0.4 is 10.6 Å². The molecule has 0 bridgehead atoms. The lowest BCUT2D eigenvalue weighted by Gasteiger charge is -2.10. The van der Waals surface area contributed by atoms with Crippen LogP contribution in [0.3, 0.4) is 0 Å². The van der Waals surface area contributed by atoms with Gasteiger partial charge in [-0.05, 0) is 37.0 Å². The maximum atomic E-state index is 5.50. The first-order valence-electron chi connectivity index (χ1n) is 10.7. The Bertz CT molecular complexity index is 911. The topological polar surface area (TPSA) is 80.3 Å². The molecule has 0 spiro atoms. The number of nitrogens with zero attached hydrogens (tertiary/aromatic N) is 4. The van der Waals surface area contributed by atoms with E-state index in [0.717, 1.165) is 48.9 Å². The molecule has 0 aliphatic rings. The Balaban J connectivity index is 1.59. The van der Waals surface area contributed by atoms with Crippen molar-refractivity contribution in [3.8, 4) is 0 Å². The Morgan fingerprint density at radius 2 is 1.93 bits per heavy atom. The average Bonchev–Trinajstić information content (AvgIpc) is 3.44. The Morgan fingerprint density at radius 1 is 1.10 bits per heavy atom. The summed E-state index contributed by atoms with van der Waals surface area (Å²) in [6.07, 6.45) is 5.90. The number of rotatable bonds is 10. The van der Waals surface area contributed by atoms with Crippen LogP contribution in [0.25, 0.3) is 0 Å². The zero-order chi connectivity index (χ0) is 21.2. The van der Waals surface area contributed by atoms with Gasteiger partial charge in [0.05, 0.1) is 25.3 Å². The first kappa shape index (κ1) is 21.6. The second-order valence-corrected chi connectivity index (χ2v) is 7.30. The molecule has 0 saturated heterocycles. The van der Waals surface area contributed by atoms with E-state index in [1.165, 1.54) is 5.56 Å². The summed E-state index contributed by atoms with van der Waals surface area (Å²) in [7, 11) is 0. The van der Waals surface area contributed by atoms with Crippen molar-refractivity contribution in [3.05, 3.63) is 71.4 Å². The highest BCUT2D eigenvalue weighted by Gasteiger charge is 2.13. The van der Waals surface area contributed by atoms with Crippen LogP contribution in [-0.4, -0.2) is 27.4 Å².